The molecule has 0 atom stereocenters. The van der Waals surface area contributed by atoms with Gasteiger partial charge in [0, 0.05) is 18.1 Å². The maximum atomic E-state index is 12.1. The highest BCUT2D eigenvalue weighted by Crippen LogP contribution is 2.19. The second-order valence-electron chi connectivity index (χ2n) is 4.09. The highest BCUT2D eigenvalue weighted by atomic mass is 32.1. The van der Waals surface area contributed by atoms with Crippen molar-refractivity contribution in [3.63, 3.8) is 0 Å². The van der Waals surface area contributed by atoms with Gasteiger partial charge in [0.1, 0.15) is 0 Å². The van der Waals surface area contributed by atoms with E-state index in [1.54, 1.807) is 11.9 Å². The monoisotopic (exact) mass is 261 g/mol. The maximum Gasteiger partial charge on any atom is 0.232 e. The fourth-order valence-electron chi connectivity index (χ4n) is 1.75. The number of carbonyl (C=O) groups excluding carboxylic acids is 1. The van der Waals surface area contributed by atoms with E-state index < -0.39 is 0 Å². The van der Waals surface area contributed by atoms with E-state index in [2.05, 4.69) is 4.98 Å². The van der Waals surface area contributed by atoms with E-state index in [-0.39, 0.29) is 12.3 Å². The minimum Gasteiger partial charge on any atom is -0.375 e. The Morgan fingerprint density at radius 1 is 1.44 bits per heavy atom. The molecule has 18 heavy (non-hydrogen) atoms. The van der Waals surface area contributed by atoms with Gasteiger partial charge in [0.15, 0.2) is 5.13 Å². The molecule has 1 amide bonds. The van der Waals surface area contributed by atoms with Crippen LogP contribution in [0.3, 0.4) is 0 Å². The molecule has 0 saturated carbocycles. The van der Waals surface area contributed by atoms with Crippen molar-refractivity contribution in [2.24, 2.45) is 0 Å². The van der Waals surface area contributed by atoms with Crippen LogP contribution in [0.1, 0.15) is 11.3 Å². The van der Waals surface area contributed by atoms with Crippen LogP contribution in [0.15, 0.2) is 29.6 Å². The van der Waals surface area contributed by atoms with Crippen LogP contribution in [0.2, 0.25) is 0 Å². The van der Waals surface area contributed by atoms with Gasteiger partial charge in [0.25, 0.3) is 0 Å². The van der Waals surface area contributed by atoms with E-state index in [0.717, 1.165) is 16.9 Å². The molecule has 0 radical (unpaired) electrons. The Bertz CT molecular complexity index is 565. The van der Waals surface area contributed by atoms with Crippen LogP contribution in [-0.4, -0.2) is 17.9 Å². The third-order valence-electron chi connectivity index (χ3n) is 2.75. The summed E-state index contributed by atoms with van der Waals surface area (Å²) in [5, 5.41) is 2.31. The summed E-state index contributed by atoms with van der Waals surface area (Å²) in [6.07, 6.45) is 0.276. The number of hydrogen-bond acceptors (Lipinski definition) is 4. The van der Waals surface area contributed by atoms with Crippen molar-refractivity contribution in [2.45, 2.75) is 13.3 Å². The summed E-state index contributed by atoms with van der Waals surface area (Å²) in [5.74, 6) is 0.00889. The molecule has 0 aliphatic rings. The number of likely N-dealkylation sites (N-methyl/N-ethyl adjacent to an activating group) is 1. The average molecular weight is 261 g/mol. The van der Waals surface area contributed by atoms with Gasteiger partial charge in [-0.15, -0.1) is 11.3 Å². The summed E-state index contributed by atoms with van der Waals surface area (Å²) >= 11 is 1.35. The Hall–Kier alpha value is -1.88. The molecule has 94 valence electrons. The number of benzene rings is 1. The van der Waals surface area contributed by atoms with Gasteiger partial charge in [-0.3, -0.25) is 4.79 Å². The minimum atomic E-state index is 0.00889. The van der Waals surface area contributed by atoms with Crippen LogP contribution in [0.4, 0.5) is 10.8 Å². The molecule has 1 aromatic carbocycles. The van der Waals surface area contributed by atoms with Crippen molar-refractivity contribution in [1.82, 2.24) is 4.98 Å². The molecule has 1 aromatic heterocycles. The predicted molar refractivity (Wildman–Crippen MR) is 74.8 cm³/mol. The number of aromatic nitrogens is 1. The Morgan fingerprint density at radius 3 is 2.78 bits per heavy atom. The number of carbonyl (C=O) groups is 1. The lowest BCUT2D eigenvalue weighted by atomic mass is 10.2. The van der Waals surface area contributed by atoms with Crippen LogP contribution >= 0.6 is 11.3 Å². The Kier molecular flexibility index (Phi) is 3.62. The summed E-state index contributed by atoms with van der Waals surface area (Å²) in [4.78, 5) is 17.9. The molecule has 2 rings (SSSR count). The molecule has 2 aromatic rings. The maximum absolute atomic E-state index is 12.1. The number of rotatable bonds is 3. The summed E-state index contributed by atoms with van der Waals surface area (Å²) < 4.78 is 0. The van der Waals surface area contributed by atoms with Gasteiger partial charge in [0.2, 0.25) is 5.91 Å². The number of hydrogen-bond donors (Lipinski definition) is 1. The average Bonchev–Trinajstić information content (AvgIpc) is 2.74. The van der Waals surface area contributed by atoms with E-state index >= 15 is 0 Å². The SMILES string of the molecule is Cc1ccccc1N(C)C(=O)Cc1csc(N)n1. The number of para-hydroxylation sites is 1. The lowest BCUT2D eigenvalue weighted by molar-refractivity contribution is -0.117. The molecule has 5 heteroatoms. The Morgan fingerprint density at radius 2 is 2.17 bits per heavy atom. The van der Waals surface area contributed by atoms with Crippen LogP contribution in [0.25, 0.3) is 0 Å². The van der Waals surface area contributed by atoms with Gasteiger partial charge >= 0.3 is 0 Å². The van der Waals surface area contributed by atoms with Crippen LogP contribution < -0.4 is 10.6 Å². The van der Waals surface area contributed by atoms with Crippen molar-refractivity contribution in [3.8, 4) is 0 Å². The molecule has 0 aliphatic carbocycles. The van der Waals surface area contributed by atoms with Gasteiger partial charge in [-0.2, -0.15) is 0 Å². The molecule has 0 aliphatic heterocycles. The highest BCUT2D eigenvalue weighted by molar-refractivity contribution is 7.13. The van der Waals surface area contributed by atoms with E-state index in [9.17, 15) is 4.79 Å². The van der Waals surface area contributed by atoms with E-state index in [4.69, 9.17) is 5.73 Å². The smallest absolute Gasteiger partial charge is 0.232 e. The number of amides is 1. The number of thiazole rings is 1. The number of nitrogens with two attached hydrogens (primary N) is 1. The largest absolute Gasteiger partial charge is 0.375 e. The van der Waals surface area contributed by atoms with Crippen LogP contribution in [0.5, 0.6) is 0 Å². The van der Waals surface area contributed by atoms with Crippen LogP contribution in [0, 0.1) is 6.92 Å². The fourth-order valence-corrected chi connectivity index (χ4v) is 2.31. The quantitative estimate of drug-likeness (QED) is 0.921. The Balaban J connectivity index is 2.12. The summed E-state index contributed by atoms with van der Waals surface area (Å²) in [6, 6.07) is 7.80. The Labute approximate surface area is 110 Å². The van der Waals surface area contributed by atoms with Crippen molar-refractivity contribution in [2.75, 3.05) is 17.7 Å². The van der Waals surface area contributed by atoms with E-state index in [1.165, 1.54) is 11.3 Å². The molecule has 1 heterocycles. The summed E-state index contributed by atoms with van der Waals surface area (Å²) in [7, 11) is 1.78. The van der Waals surface area contributed by atoms with Gasteiger partial charge in [-0.25, -0.2) is 4.98 Å². The van der Waals surface area contributed by atoms with Crippen molar-refractivity contribution < 1.29 is 4.79 Å². The van der Waals surface area contributed by atoms with Gasteiger partial charge < -0.3 is 10.6 Å². The molecular weight excluding hydrogens is 246 g/mol. The second kappa shape index (κ2) is 5.18. The zero-order chi connectivity index (χ0) is 13.1. The fraction of sp³-hybridized carbons (Fsp3) is 0.231. The highest BCUT2D eigenvalue weighted by Gasteiger charge is 2.14. The third kappa shape index (κ3) is 2.68. The van der Waals surface area contributed by atoms with Crippen molar-refractivity contribution in [3.05, 3.63) is 40.9 Å². The first-order valence-electron chi connectivity index (χ1n) is 5.60. The predicted octanol–water partition coefficient (Wildman–Crippen LogP) is 2.24. The van der Waals surface area contributed by atoms with E-state index in [0.29, 0.717) is 5.13 Å². The number of nitrogens with zero attached hydrogens (tertiary/aromatic N) is 2. The van der Waals surface area contributed by atoms with Crippen LogP contribution in [-0.2, 0) is 11.2 Å². The molecule has 0 unspecified atom stereocenters. The molecule has 0 fully saturated rings. The van der Waals surface area contributed by atoms with E-state index in [1.807, 2.05) is 36.6 Å². The first kappa shape index (κ1) is 12.6. The molecule has 0 spiro atoms. The third-order valence-corrected chi connectivity index (χ3v) is 3.48. The summed E-state index contributed by atoms with van der Waals surface area (Å²) in [5.41, 5.74) is 8.27. The normalized spacial score (nSPS) is 10.3. The van der Waals surface area contributed by atoms with Crippen molar-refractivity contribution >= 4 is 28.1 Å². The number of nitrogen functional groups attached to an aromatic ring is 1. The van der Waals surface area contributed by atoms with Crippen molar-refractivity contribution in [1.29, 1.82) is 0 Å². The first-order chi connectivity index (χ1) is 8.58. The molecule has 4 nitrogen and oxygen atoms in total. The van der Waals surface area contributed by atoms with Gasteiger partial charge in [0.05, 0.1) is 12.1 Å². The zero-order valence-corrected chi connectivity index (χ0v) is 11.2. The zero-order valence-electron chi connectivity index (χ0n) is 10.4. The second-order valence-corrected chi connectivity index (χ2v) is 4.98. The van der Waals surface area contributed by atoms with Gasteiger partial charge in [-0.1, -0.05) is 18.2 Å². The topological polar surface area (TPSA) is 59.2 Å². The molecule has 0 bridgehead atoms. The molecule has 2 N–H and O–H groups in total. The minimum absolute atomic E-state index is 0.00889. The molecule has 0 saturated heterocycles. The molecular formula is C13H15N3OS. The van der Waals surface area contributed by atoms with Gasteiger partial charge in [-0.05, 0) is 18.6 Å². The summed E-state index contributed by atoms with van der Waals surface area (Å²) in [6.45, 7) is 1.99. The number of anilines is 2. The first-order valence-corrected chi connectivity index (χ1v) is 6.48. The lowest BCUT2D eigenvalue weighted by Gasteiger charge is -2.18. The number of aryl methyl sites for hydroxylation is 1. The lowest BCUT2D eigenvalue weighted by Crippen LogP contribution is -2.28. The standard InChI is InChI=1S/C13H15N3OS/c1-9-5-3-4-6-11(9)16(2)12(17)7-10-8-18-13(14)15-10/h3-6,8H,7H2,1-2H3,(H2,14,15).